The van der Waals surface area contributed by atoms with Crippen LogP contribution in [0.25, 0.3) is 28.2 Å². The first-order chi connectivity index (χ1) is 23.3. The Kier molecular flexibility index (Phi) is 8.92. The van der Waals surface area contributed by atoms with Gasteiger partial charge in [0, 0.05) is 53.4 Å². The zero-order chi connectivity index (χ0) is 33.3. The number of aliphatic carboxylic acids is 1. The van der Waals surface area contributed by atoms with Gasteiger partial charge >= 0.3 is 5.97 Å². The lowest BCUT2D eigenvalue weighted by Gasteiger charge is -2.29. The first kappa shape index (κ1) is 31.9. The molecule has 2 heterocycles. The zero-order valence-electron chi connectivity index (χ0n) is 27.6. The summed E-state index contributed by atoms with van der Waals surface area (Å²) in [7, 11) is 2.17. The molecular weight excluding hydrogens is 600 g/mol. The van der Waals surface area contributed by atoms with Crippen molar-refractivity contribution in [1.82, 2.24) is 14.8 Å². The number of anilines is 1. The van der Waals surface area contributed by atoms with Gasteiger partial charge in [0.1, 0.15) is 5.54 Å². The first-order valence-electron chi connectivity index (χ1n) is 17.4. The van der Waals surface area contributed by atoms with Crippen LogP contribution in [0.1, 0.15) is 90.8 Å². The number of carbonyl (C=O) groups excluding carboxylic acids is 2. The Morgan fingerprint density at radius 1 is 0.896 bits per heavy atom. The molecule has 0 saturated heterocycles. The van der Waals surface area contributed by atoms with E-state index < -0.39 is 11.5 Å². The van der Waals surface area contributed by atoms with E-state index in [1.165, 1.54) is 66.0 Å². The van der Waals surface area contributed by atoms with E-state index >= 15 is 0 Å². The number of carboxylic acids is 1. The molecule has 48 heavy (non-hydrogen) atoms. The lowest BCUT2D eigenvalue weighted by molar-refractivity contribution is -0.131. The van der Waals surface area contributed by atoms with Crippen LogP contribution in [0.15, 0.2) is 72.8 Å². The summed E-state index contributed by atoms with van der Waals surface area (Å²) in [6, 6.07) is 21.9. The number of carbonyl (C=O) groups is 3. The third-order valence-corrected chi connectivity index (χ3v) is 10.6. The maximum atomic E-state index is 14.1. The van der Waals surface area contributed by atoms with E-state index in [9.17, 15) is 14.4 Å². The van der Waals surface area contributed by atoms with E-state index in [-0.39, 0.29) is 11.8 Å². The molecule has 1 aliphatic heterocycles. The largest absolute Gasteiger partial charge is 0.478 e. The van der Waals surface area contributed by atoms with Gasteiger partial charge in [0.15, 0.2) is 0 Å². The number of hydrogen-bond donors (Lipinski definition) is 3. The Morgan fingerprint density at radius 3 is 2.40 bits per heavy atom. The summed E-state index contributed by atoms with van der Waals surface area (Å²) in [6.07, 6.45) is 11.6. The molecule has 1 aromatic heterocycles. The highest BCUT2D eigenvalue weighted by molar-refractivity contribution is 6.06. The Morgan fingerprint density at radius 2 is 1.65 bits per heavy atom. The highest BCUT2D eigenvalue weighted by atomic mass is 16.4. The first-order valence-corrected chi connectivity index (χ1v) is 17.4. The number of carboxylic acid groups (broad SMARTS) is 1. The van der Waals surface area contributed by atoms with Gasteiger partial charge < -0.3 is 25.2 Å². The van der Waals surface area contributed by atoms with Crippen molar-refractivity contribution in [2.24, 2.45) is 0 Å². The van der Waals surface area contributed by atoms with E-state index in [1.807, 2.05) is 6.07 Å². The zero-order valence-corrected chi connectivity index (χ0v) is 27.6. The minimum absolute atomic E-state index is 0.227. The summed E-state index contributed by atoms with van der Waals surface area (Å²) in [5.41, 5.74) is 7.34. The molecule has 248 valence electrons. The summed E-state index contributed by atoms with van der Waals surface area (Å²) in [6.45, 7) is 2.66. The highest BCUT2D eigenvalue weighted by Crippen LogP contribution is 2.45. The SMILES string of the molecule is CN1CCn2c(c(C3CCCCC3)c3ccc(C(=O)NC4(C(=O)Nc5ccc(C=CC(=O)O)cc5)CCCC4)cc32)-c2ccccc2C1. The maximum absolute atomic E-state index is 14.1. The molecule has 0 unspecified atom stereocenters. The predicted octanol–water partition coefficient (Wildman–Crippen LogP) is 7.58. The smallest absolute Gasteiger partial charge is 0.328 e. The molecule has 2 saturated carbocycles. The summed E-state index contributed by atoms with van der Waals surface area (Å²) in [5.74, 6) is -0.984. The monoisotopic (exact) mass is 644 g/mol. The Bertz CT molecular complexity index is 1880. The van der Waals surface area contributed by atoms with Crippen LogP contribution in [0.2, 0.25) is 0 Å². The van der Waals surface area contributed by atoms with Crippen molar-refractivity contribution in [2.75, 3.05) is 18.9 Å². The van der Waals surface area contributed by atoms with Gasteiger partial charge in [-0.05, 0) is 85.7 Å². The van der Waals surface area contributed by atoms with Crippen LogP contribution in [0, 0.1) is 0 Å². The Labute approximate surface area is 281 Å². The number of nitrogens with one attached hydrogen (secondary N) is 2. The molecule has 3 N–H and O–H groups in total. The number of aromatic nitrogens is 1. The standard InChI is InChI=1S/C40H44N4O4/c1-43-23-24-44-34-25-29(16-19-33(34)36(28-9-3-2-4-10-28)37(44)32-12-6-5-11-30(32)26-43)38(47)42-40(21-7-8-22-40)39(48)41-31-17-13-27(14-18-31)15-20-35(45)46/h5-6,11-20,25,28H,2-4,7-10,21-24,26H2,1H3,(H,41,48)(H,42,47)(H,45,46). The number of hydrogen-bond acceptors (Lipinski definition) is 4. The second-order valence-corrected chi connectivity index (χ2v) is 13.9. The summed E-state index contributed by atoms with van der Waals surface area (Å²) < 4.78 is 2.46. The molecule has 7 rings (SSSR count). The maximum Gasteiger partial charge on any atom is 0.328 e. The van der Waals surface area contributed by atoms with E-state index in [2.05, 4.69) is 63.5 Å². The predicted molar refractivity (Wildman–Crippen MR) is 190 cm³/mol. The number of rotatable bonds is 7. The molecule has 0 bridgehead atoms. The van der Waals surface area contributed by atoms with Gasteiger partial charge in [-0.3, -0.25) is 9.59 Å². The summed E-state index contributed by atoms with van der Waals surface area (Å²) >= 11 is 0. The molecule has 3 aliphatic rings. The van der Waals surface area contributed by atoms with E-state index in [0.717, 1.165) is 49.6 Å². The van der Waals surface area contributed by atoms with Gasteiger partial charge in [0.25, 0.3) is 5.91 Å². The van der Waals surface area contributed by atoms with Crippen molar-refractivity contribution in [3.63, 3.8) is 0 Å². The van der Waals surface area contributed by atoms with Crippen molar-refractivity contribution in [1.29, 1.82) is 0 Å². The lowest BCUT2D eigenvalue weighted by atomic mass is 9.81. The Hall–Kier alpha value is -4.69. The number of fused-ring (bicyclic) bond motifs is 5. The number of nitrogens with zero attached hydrogens (tertiary/aromatic N) is 2. The Balaban J connectivity index is 1.22. The fourth-order valence-corrected chi connectivity index (χ4v) is 8.15. The van der Waals surface area contributed by atoms with Crippen LogP contribution < -0.4 is 10.6 Å². The molecule has 3 aromatic carbocycles. The molecule has 2 amide bonds. The third kappa shape index (κ3) is 6.29. The minimum atomic E-state index is -1.02. The van der Waals surface area contributed by atoms with Gasteiger partial charge in [-0.1, -0.05) is 74.6 Å². The molecule has 8 heteroatoms. The van der Waals surface area contributed by atoms with Crippen LogP contribution in [0.4, 0.5) is 5.69 Å². The molecule has 2 aliphatic carbocycles. The molecule has 8 nitrogen and oxygen atoms in total. The van der Waals surface area contributed by atoms with Crippen LogP contribution >= 0.6 is 0 Å². The number of likely N-dealkylation sites (N-methyl/N-ethyl adjacent to an activating group) is 1. The van der Waals surface area contributed by atoms with Crippen molar-refractivity contribution in [2.45, 2.75) is 82.3 Å². The average Bonchev–Trinajstić information content (AvgIpc) is 3.69. The van der Waals surface area contributed by atoms with Gasteiger partial charge in [-0.25, -0.2) is 4.79 Å². The van der Waals surface area contributed by atoms with Crippen molar-refractivity contribution < 1.29 is 19.5 Å². The summed E-state index contributed by atoms with van der Waals surface area (Å²) in [4.78, 5) is 41.1. The molecule has 0 atom stereocenters. The molecular formula is C40H44N4O4. The normalized spacial score (nSPS) is 18.2. The molecule has 4 aromatic rings. The average molecular weight is 645 g/mol. The fraction of sp³-hybridized carbons (Fsp3) is 0.375. The van der Waals surface area contributed by atoms with Crippen LogP contribution in [0.5, 0.6) is 0 Å². The van der Waals surface area contributed by atoms with Crippen LogP contribution in [-0.2, 0) is 22.7 Å². The van der Waals surface area contributed by atoms with E-state index in [4.69, 9.17) is 5.11 Å². The van der Waals surface area contributed by atoms with E-state index in [1.54, 1.807) is 24.3 Å². The number of amides is 2. The van der Waals surface area contributed by atoms with Crippen LogP contribution in [-0.4, -0.2) is 51.5 Å². The fourth-order valence-electron chi connectivity index (χ4n) is 8.15. The molecule has 0 spiro atoms. The van der Waals surface area contributed by atoms with Gasteiger partial charge in [0.05, 0.1) is 5.69 Å². The van der Waals surface area contributed by atoms with Crippen molar-refractivity contribution in [3.05, 3.63) is 95.1 Å². The second-order valence-electron chi connectivity index (χ2n) is 13.9. The summed E-state index contributed by atoms with van der Waals surface area (Å²) in [5, 5.41) is 16.3. The molecule has 0 radical (unpaired) electrons. The van der Waals surface area contributed by atoms with Crippen molar-refractivity contribution in [3.8, 4) is 11.3 Å². The van der Waals surface area contributed by atoms with Crippen molar-refractivity contribution >= 4 is 40.4 Å². The highest BCUT2D eigenvalue weighted by Gasteiger charge is 2.43. The van der Waals surface area contributed by atoms with Gasteiger partial charge in [-0.15, -0.1) is 0 Å². The van der Waals surface area contributed by atoms with Gasteiger partial charge in [0.2, 0.25) is 5.91 Å². The van der Waals surface area contributed by atoms with E-state index in [0.29, 0.717) is 30.0 Å². The van der Waals surface area contributed by atoms with Gasteiger partial charge in [-0.2, -0.15) is 0 Å². The van der Waals surface area contributed by atoms with Crippen LogP contribution in [0.3, 0.4) is 0 Å². The third-order valence-electron chi connectivity index (χ3n) is 10.6. The lowest BCUT2D eigenvalue weighted by Crippen LogP contribution is -2.55. The second kappa shape index (κ2) is 13.4. The molecule has 2 fully saturated rings. The topological polar surface area (TPSA) is 104 Å². The quantitative estimate of drug-likeness (QED) is 0.180. The minimum Gasteiger partial charge on any atom is -0.478 e. The number of benzene rings is 3.